The van der Waals surface area contributed by atoms with Crippen molar-refractivity contribution >= 4 is 11.6 Å². The molecule has 2 saturated heterocycles. The van der Waals surface area contributed by atoms with Crippen LogP contribution in [-0.2, 0) is 17.5 Å². The molecule has 0 radical (unpaired) electrons. The number of carbonyl (C=O) groups is 1. The Morgan fingerprint density at radius 2 is 2.00 bits per heavy atom. The van der Waals surface area contributed by atoms with Crippen LogP contribution in [0.5, 0.6) is 0 Å². The van der Waals surface area contributed by atoms with Crippen LogP contribution < -0.4 is 10.2 Å². The number of rotatable bonds is 4. The lowest BCUT2D eigenvalue weighted by molar-refractivity contribution is -0.137. The number of alkyl halides is 3. The number of nitriles is 1. The number of hydrogen-bond acceptors (Lipinski definition) is 5. The molecule has 180 valence electrons. The molecule has 2 aliphatic rings. The van der Waals surface area contributed by atoms with Crippen molar-refractivity contribution in [2.75, 3.05) is 38.1 Å². The molecule has 1 aromatic carbocycles. The van der Waals surface area contributed by atoms with Gasteiger partial charge in [-0.2, -0.15) is 18.4 Å². The zero-order valence-electron chi connectivity index (χ0n) is 19.3. The van der Waals surface area contributed by atoms with Crippen molar-refractivity contribution in [3.8, 4) is 6.07 Å². The van der Waals surface area contributed by atoms with Crippen LogP contribution in [0.1, 0.15) is 35.2 Å². The van der Waals surface area contributed by atoms with Crippen LogP contribution >= 0.6 is 0 Å². The molecule has 0 saturated carbocycles. The molecule has 2 aromatic rings. The minimum atomic E-state index is -4.58. The second kappa shape index (κ2) is 9.26. The second-order valence-electron chi connectivity index (χ2n) is 9.35. The third-order valence-electron chi connectivity index (χ3n) is 7.19. The summed E-state index contributed by atoms with van der Waals surface area (Å²) in [7, 11) is 1.64. The van der Waals surface area contributed by atoms with Gasteiger partial charge in [0.25, 0.3) is 0 Å². The first-order chi connectivity index (χ1) is 16.1. The first kappa shape index (κ1) is 24.0. The highest BCUT2D eigenvalue weighted by molar-refractivity contribution is 5.80. The summed E-state index contributed by atoms with van der Waals surface area (Å²) < 4.78 is 40.3. The molecule has 1 amide bonds. The van der Waals surface area contributed by atoms with E-state index in [-0.39, 0.29) is 22.8 Å². The van der Waals surface area contributed by atoms with Gasteiger partial charge in [0.15, 0.2) is 0 Å². The van der Waals surface area contributed by atoms with E-state index < -0.39 is 11.7 Å². The lowest BCUT2D eigenvalue weighted by atomic mass is 9.70. The van der Waals surface area contributed by atoms with Gasteiger partial charge in [0.05, 0.1) is 28.8 Å². The van der Waals surface area contributed by atoms with Gasteiger partial charge in [0.2, 0.25) is 5.91 Å². The molecule has 6 nitrogen and oxygen atoms in total. The summed E-state index contributed by atoms with van der Waals surface area (Å²) in [4.78, 5) is 21.5. The van der Waals surface area contributed by atoms with Crippen LogP contribution in [0.3, 0.4) is 0 Å². The van der Waals surface area contributed by atoms with Gasteiger partial charge in [-0.3, -0.25) is 14.7 Å². The number of nitrogens with zero attached hydrogens (tertiary/aromatic N) is 4. The summed E-state index contributed by atoms with van der Waals surface area (Å²) in [5.74, 6) is -0.178. The average Bonchev–Trinajstić information content (AvgIpc) is 3.16. The van der Waals surface area contributed by atoms with Crippen LogP contribution in [0, 0.1) is 29.6 Å². The van der Waals surface area contributed by atoms with Gasteiger partial charge in [0.1, 0.15) is 0 Å². The zero-order valence-corrected chi connectivity index (χ0v) is 19.3. The molecular weight excluding hydrogens is 443 g/mol. The smallest absolute Gasteiger partial charge is 0.371 e. The SMILES string of the molecule is CNC(=O)C1CN(Cc2ccc(C)cn2)CC12CCN(c1ccc(C#N)c(C(F)(F)F)c1)CC2. The number of aromatic nitrogens is 1. The Labute approximate surface area is 197 Å². The number of likely N-dealkylation sites (tertiary alicyclic amines) is 1. The lowest BCUT2D eigenvalue weighted by Gasteiger charge is -2.43. The van der Waals surface area contributed by atoms with Crippen molar-refractivity contribution < 1.29 is 18.0 Å². The highest BCUT2D eigenvalue weighted by Gasteiger charge is 2.51. The van der Waals surface area contributed by atoms with Gasteiger partial charge < -0.3 is 10.2 Å². The number of piperidine rings is 1. The molecular formula is C25H28F3N5O. The quantitative estimate of drug-likeness (QED) is 0.736. The Morgan fingerprint density at radius 1 is 1.26 bits per heavy atom. The van der Waals surface area contributed by atoms with Gasteiger partial charge in [-0.1, -0.05) is 6.07 Å². The Morgan fingerprint density at radius 3 is 2.59 bits per heavy atom. The highest BCUT2D eigenvalue weighted by atomic mass is 19.4. The maximum atomic E-state index is 13.4. The molecule has 9 heteroatoms. The number of pyridine rings is 1. The molecule has 1 spiro atoms. The number of halogens is 3. The Kier molecular flexibility index (Phi) is 6.54. The molecule has 0 bridgehead atoms. The first-order valence-corrected chi connectivity index (χ1v) is 11.4. The fourth-order valence-corrected chi connectivity index (χ4v) is 5.33. The van der Waals surface area contributed by atoms with E-state index in [4.69, 9.17) is 5.26 Å². The van der Waals surface area contributed by atoms with E-state index >= 15 is 0 Å². The average molecular weight is 472 g/mol. The van der Waals surface area contributed by atoms with Crippen molar-refractivity contribution in [2.24, 2.45) is 11.3 Å². The van der Waals surface area contributed by atoms with E-state index in [1.165, 1.54) is 6.07 Å². The number of nitrogens with one attached hydrogen (secondary N) is 1. The zero-order chi connectivity index (χ0) is 24.5. The summed E-state index contributed by atoms with van der Waals surface area (Å²) in [6.45, 7) is 5.12. The Bertz CT molecular complexity index is 1090. The maximum absolute atomic E-state index is 13.4. The minimum absolute atomic E-state index is 0.00514. The summed E-state index contributed by atoms with van der Waals surface area (Å²) >= 11 is 0. The number of carbonyl (C=O) groups excluding carboxylic acids is 1. The fourth-order valence-electron chi connectivity index (χ4n) is 5.33. The Hall–Kier alpha value is -3.12. The van der Waals surface area contributed by atoms with Gasteiger partial charge in [-0.25, -0.2) is 0 Å². The largest absolute Gasteiger partial charge is 0.417 e. The van der Waals surface area contributed by atoms with E-state index in [9.17, 15) is 18.0 Å². The number of benzene rings is 1. The highest BCUT2D eigenvalue weighted by Crippen LogP contribution is 2.46. The first-order valence-electron chi connectivity index (χ1n) is 11.4. The molecule has 1 atom stereocenters. The molecule has 1 N–H and O–H groups in total. The van der Waals surface area contributed by atoms with Crippen molar-refractivity contribution in [3.05, 3.63) is 58.9 Å². The van der Waals surface area contributed by atoms with Crippen molar-refractivity contribution in [1.29, 1.82) is 5.26 Å². The van der Waals surface area contributed by atoms with E-state index in [0.29, 0.717) is 44.7 Å². The molecule has 3 heterocycles. The number of amides is 1. The number of hydrogen-bond donors (Lipinski definition) is 1. The van der Waals surface area contributed by atoms with Crippen LogP contribution in [0.15, 0.2) is 36.5 Å². The molecule has 2 fully saturated rings. The Balaban J connectivity index is 1.51. The van der Waals surface area contributed by atoms with Crippen LogP contribution in [0.4, 0.5) is 18.9 Å². The van der Waals surface area contributed by atoms with Crippen molar-refractivity contribution in [3.63, 3.8) is 0 Å². The molecule has 0 aliphatic carbocycles. The third kappa shape index (κ3) is 4.73. The van der Waals surface area contributed by atoms with Crippen molar-refractivity contribution in [2.45, 2.75) is 32.5 Å². The van der Waals surface area contributed by atoms with Gasteiger partial charge >= 0.3 is 6.18 Å². The van der Waals surface area contributed by atoms with Gasteiger partial charge in [-0.15, -0.1) is 0 Å². The molecule has 4 rings (SSSR count). The summed E-state index contributed by atoms with van der Waals surface area (Å²) in [5, 5.41) is 11.9. The standard InChI is InChI=1S/C25H28F3N5O/c1-17-3-5-19(31-13-17)14-32-15-22(23(34)30-2)24(16-32)7-9-33(10-8-24)20-6-4-18(12-29)21(11-20)25(26,27)28/h3-6,11,13,22H,7-10,14-16H2,1-2H3,(H,30,34). The minimum Gasteiger partial charge on any atom is -0.371 e. The van der Waals surface area contributed by atoms with E-state index in [1.54, 1.807) is 19.2 Å². The topological polar surface area (TPSA) is 72.3 Å². The normalized spacial score (nSPS) is 20.4. The van der Waals surface area contributed by atoms with E-state index in [0.717, 1.165) is 23.9 Å². The maximum Gasteiger partial charge on any atom is 0.417 e. The second-order valence-corrected chi connectivity index (χ2v) is 9.35. The number of aryl methyl sites for hydroxylation is 1. The van der Waals surface area contributed by atoms with E-state index in [1.807, 2.05) is 30.2 Å². The lowest BCUT2D eigenvalue weighted by Crippen LogP contribution is -2.48. The van der Waals surface area contributed by atoms with Crippen LogP contribution in [0.2, 0.25) is 0 Å². The monoisotopic (exact) mass is 471 g/mol. The fraction of sp³-hybridized carbons (Fsp3) is 0.480. The number of anilines is 1. The van der Waals surface area contributed by atoms with Gasteiger partial charge in [-0.05, 0) is 55.0 Å². The summed E-state index contributed by atoms with van der Waals surface area (Å²) in [6, 6.07) is 9.53. The van der Waals surface area contributed by atoms with Crippen LogP contribution in [0.25, 0.3) is 0 Å². The van der Waals surface area contributed by atoms with Gasteiger partial charge in [0, 0.05) is 51.7 Å². The predicted octanol–water partition coefficient (Wildman–Crippen LogP) is 3.75. The van der Waals surface area contributed by atoms with Crippen LogP contribution in [-0.4, -0.2) is 49.0 Å². The predicted molar refractivity (Wildman–Crippen MR) is 122 cm³/mol. The molecule has 1 unspecified atom stereocenters. The third-order valence-corrected chi connectivity index (χ3v) is 7.19. The summed E-state index contributed by atoms with van der Waals surface area (Å²) in [5.41, 5.74) is 0.980. The van der Waals surface area contributed by atoms with Crippen molar-refractivity contribution in [1.82, 2.24) is 15.2 Å². The molecule has 34 heavy (non-hydrogen) atoms. The summed E-state index contributed by atoms with van der Waals surface area (Å²) in [6.07, 6.45) is -1.35. The molecule has 1 aromatic heterocycles. The van der Waals surface area contributed by atoms with E-state index in [2.05, 4.69) is 15.2 Å². The molecule has 2 aliphatic heterocycles.